The number of nitrogens with zero attached hydrogens (tertiary/aromatic N) is 1. The normalized spacial score (nSPS) is 17.0. The molecule has 9 heteroatoms. The number of amides is 3. The third-order valence-corrected chi connectivity index (χ3v) is 3.20. The molecule has 0 saturated heterocycles. The van der Waals surface area contributed by atoms with Crippen LogP contribution in [0.1, 0.15) is 19.3 Å². The van der Waals surface area contributed by atoms with Crippen LogP contribution in [0.15, 0.2) is 12.2 Å². The summed E-state index contributed by atoms with van der Waals surface area (Å²) in [7, 11) is 0. The minimum atomic E-state index is -0.999. The number of hydrogen-bond donors (Lipinski definition) is 4. The highest BCUT2D eigenvalue weighted by molar-refractivity contribution is 6.13. The molecule has 9 nitrogen and oxygen atoms in total. The molecule has 1 aliphatic rings. The fraction of sp³-hybridized carbons (Fsp3) is 0.615. The van der Waals surface area contributed by atoms with Crippen molar-refractivity contribution in [3.05, 3.63) is 12.2 Å². The standard InChI is InChI=1S/C13H21N3O6/c14-22-8-5-10(18)9(17)3-6-15-11(19)4-7-16-12(20)1-2-13(16)21/h1-2,9-10,17-18H,3-8,14H2,(H,15,19)/t9-,10-/m1/s1. The second kappa shape index (κ2) is 9.26. The Balaban J connectivity index is 2.15. The second-order valence-electron chi connectivity index (χ2n) is 4.84. The zero-order valence-electron chi connectivity index (χ0n) is 12.1. The lowest BCUT2D eigenvalue weighted by Crippen LogP contribution is -2.36. The largest absolute Gasteiger partial charge is 0.390 e. The van der Waals surface area contributed by atoms with E-state index in [1.165, 1.54) is 0 Å². The lowest BCUT2D eigenvalue weighted by atomic mass is 10.1. The van der Waals surface area contributed by atoms with Crippen LogP contribution in [0.25, 0.3) is 0 Å². The van der Waals surface area contributed by atoms with Gasteiger partial charge in [-0.15, -0.1) is 0 Å². The second-order valence-corrected chi connectivity index (χ2v) is 4.84. The van der Waals surface area contributed by atoms with Crippen LogP contribution in [0, 0.1) is 0 Å². The number of carbonyl (C=O) groups excluding carboxylic acids is 3. The molecular formula is C13H21N3O6. The van der Waals surface area contributed by atoms with Gasteiger partial charge in [0.05, 0.1) is 18.8 Å². The topological polar surface area (TPSA) is 142 Å². The molecule has 124 valence electrons. The molecule has 0 aromatic carbocycles. The fourth-order valence-electron chi connectivity index (χ4n) is 1.89. The molecule has 0 spiro atoms. The third kappa shape index (κ3) is 5.90. The summed E-state index contributed by atoms with van der Waals surface area (Å²) in [6.45, 7) is 0.298. The molecular weight excluding hydrogens is 294 g/mol. The summed E-state index contributed by atoms with van der Waals surface area (Å²) in [5.74, 6) is 3.60. The van der Waals surface area contributed by atoms with Crippen molar-refractivity contribution in [1.82, 2.24) is 10.2 Å². The van der Waals surface area contributed by atoms with E-state index in [2.05, 4.69) is 10.2 Å². The van der Waals surface area contributed by atoms with Gasteiger partial charge in [-0.3, -0.25) is 19.3 Å². The molecule has 0 aliphatic carbocycles. The van der Waals surface area contributed by atoms with Gasteiger partial charge in [0.1, 0.15) is 0 Å². The maximum atomic E-state index is 11.6. The van der Waals surface area contributed by atoms with Crippen LogP contribution in [0.5, 0.6) is 0 Å². The van der Waals surface area contributed by atoms with E-state index in [0.29, 0.717) is 0 Å². The van der Waals surface area contributed by atoms with E-state index in [1.54, 1.807) is 0 Å². The molecule has 1 rings (SSSR count). The number of rotatable bonds is 10. The van der Waals surface area contributed by atoms with Gasteiger partial charge in [-0.2, -0.15) is 0 Å². The predicted octanol–water partition coefficient (Wildman–Crippen LogP) is -2.19. The summed E-state index contributed by atoms with van der Waals surface area (Å²) < 4.78 is 0. The molecule has 0 unspecified atom stereocenters. The summed E-state index contributed by atoms with van der Waals surface area (Å²) in [6.07, 6.45) is 0.677. The minimum Gasteiger partial charge on any atom is -0.390 e. The fourth-order valence-corrected chi connectivity index (χ4v) is 1.89. The first kappa shape index (κ1) is 18.2. The number of carbonyl (C=O) groups is 3. The summed E-state index contributed by atoms with van der Waals surface area (Å²) >= 11 is 0. The smallest absolute Gasteiger partial charge is 0.253 e. The average Bonchev–Trinajstić information content (AvgIpc) is 2.81. The Labute approximate surface area is 127 Å². The highest BCUT2D eigenvalue weighted by Gasteiger charge is 2.23. The maximum Gasteiger partial charge on any atom is 0.253 e. The number of nitrogens with one attached hydrogen (secondary N) is 1. The highest BCUT2D eigenvalue weighted by Crippen LogP contribution is 2.05. The molecule has 3 amide bonds. The van der Waals surface area contributed by atoms with Crippen molar-refractivity contribution < 1.29 is 29.4 Å². The first-order valence-electron chi connectivity index (χ1n) is 6.93. The van der Waals surface area contributed by atoms with Crippen LogP contribution in [0.3, 0.4) is 0 Å². The van der Waals surface area contributed by atoms with Gasteiger partial charge in [0.15, 0.2) is 0 Å². The molecule has 0 aromatic rings. The Kier molecular flexibility index (Phi) is 7.67. The van der Waals surface area contributed by atoms with Crippen LogP contribution in [0.2, 0.25) is 0 Å². The van der Waals surface area contributed by atoms with Gasteiger partial charge >= 0.3 is 0 Å². The number of imide groups is 1. The van der Waals surface area contributed by atoms with Crippen LogP contribution in [0.4, 0.5) is 0 Å². The van der Waals surface area contributed by atoms with E-state index in [9.17, 15) is 24.6 Å². The van der Waals surface area contributed by atoms with Gasteiger partial charge < -0.3 is 20.4 Å². The van der Waals surface area contributed by atoms with Gasteiger partial charge in [-0.25, -0.2) is 5.90 Å². The van der Waals surface area contributed by atoms with Gasteiger partial charge in [0, 0.05) is 38.1 Å². The van der Waals surface area contributed by atoms with Crippen molar-refractivity contribution in [2.45, 2.75) is 31.5 Å². The Morgan fingerprint density at radius 3 is 2.41 bits per heavy atom. The number of aliphatic hydroxyl groups excluding tert-OH is 2. The molecule has 2 atom stereocenters. The lowest BCUT2D eigenvalue weighted by Gasteiger charge is -2.17. The molecule has 0 fully saturated rings. The van der Waals surface area contributed by atoms with Crippen LogP contribution >= 0.6 is 0 Å². The lowest BCUT2D eigenvalue weighted by molar-refractivity contribution is -0.137. The molecule has 0 bridgehead atoms. The van der Waals surface area contributed by atoms with Crippen LogP contribution in [-0.2, 0) is 19.2 Å². The van der Waals surface area contributed by atoms with E-state index in [-0.39, 0.29) is 44.9 Å². The minimum absolute atomic E-state index is 0.00944. The molecule has 5 N–H and O–H groups in total. The van der Waals surface area contributed by atoms with Crippen molar-refractivity contribution in [2.75, 3.05) is 19.7 Å². The molecule has 0 saturated carbocycles. The van der Waals surface area contributed by atoms with Gasteiger partial charge in [-0.1, -0.05) is 0 Å². The van der Waals surface area contributed by atoms with Crippen molar-refractivity contribution in [3.63, 3.8) is 0 Å². The van der Waals surface area contributed by atoms with Crippen molar-refractivity contribution in [1.29, 1.82) is 0 Å². The Morgan fingerprint density at radius 2 is 1.82 bits per heavy atom. The summed E-state index contributed by atoms with van der Waals surface area (Å²) in [5, 5.41) is 21.7. The average molecular weight is 315 g/mol. The van der Waals surface area contributed by atoms with E-state index >= 15 is 0 Å². The third-order valence-electron chi connectivity index (χ3n) is 3.20. The number of nitrogens with two attached hydrogens (primary N) is 1. The highest BCUT2D eigenvalue weighted by atomic mass is 16.6. The van der Waals surface area contributed by atoms with Gasteiger partial charge in [0.25, 0.3) is 11.8 Å². The summed E-state index contributed by atoms with van der Waals surface area (Å²) in [6, 6.07) is 0. The van der Waals surface area contributed by atoms with Crippen molar-refractivity contribution in [3.8, 4) is 0 Å². The van der Waals surface area contributed by atoms with Gasteiger partial charge in [0.2, 0.25) is 5.91 Å². The molecule has 0 radical (unpaired) electrons. The monoisotopic (exact) mass is 315 g/mol. The Morgan fingerprint density at radius 1 is 1.23 bits per heavy atom. The zero-order chi connectivity index (χ0) is 16.5. The SMILES string of the molecule is NOCC[C@@H](O)[C@H](O)CCNC(=O)CCN1C(=O)C=CC1=O. The predicted molar refractivity (Wildman–Crippen MR) is 74.9 cm³/mol. The van der Waals surface area contributed by atoms with Gasteiger partial charge in [-0.05, 0) is 6.42 Å². The Bertz CT molecular complexity index is 421. The Hall–Kier alpha value is -1.81. The first-order chi connectivity index (χ1) is 10.5. The van der Waals surface area contributed by atoms with Crippen molar-refractivity contribution in [2.24, 2.45) is 5.90 Å². The van der Waals surface area contributed by atoms with E-state index < -0.39 is 24.0 Å². The molecule has 0 aromatic heterocycles. The zero-order valence-corrected chi connectivity index (χ0v) is 12.1. The summed E-state index contributed by atoms with van der Waals surface area (Å²) in [4.78, 5) is 39.4. The number of hydrogen-bond acceptors (Lipinski definition) is 7. The quantitative estimate of drug-likeness (QED) is 0.265. The van der Waals surface area contributed by atoms with E-state index in [0.717, 1.165) is 17.1 Å². The van der Waals surface area contributed by atoms with Crippen LogP contribution < -0.4 is 11.2 Å². The maximum absolute atomic E-state index is 11.6. The molecule has 1 heterocycles. The number of aliphatic hydroxyl groups is 2. The summed E-state index contributed by atoms with van der Waals surface area (Å²) in [5.41, 5.74) is 0. The van der Waals surface area contributed by atoms with E-state index in [4.69, 9.17) is 5.90 Å². The van der Waals surface area contributed by atoms with Crippen molar-refractivity contribution >= 4 is 17.7 Å². The first-order valence-corrected chi connectivity index (χ1v) is 6.93. The molecule has 1 aliphatic heterocycles. The van der Waals surface area contributed by atoms with E-state index in [1.807, 2.05) is 0 Å². The van der Waals surface area contributed by atoms with Crippen LogP contribution in [-0.4, -0.2) is 64.7 Å². The molecule has 22 heavy (non-hydrogen) atoms.